The Morgan fingerprint density at radius 1 is 1.62 bits per heavy atom. The quantitative estimate of drug-likeness (QED) is 0.633. The van der Waals surface area contributed by atoms with Crippen LogP contribution in [0.5, 0.6) is 0 Å². The number of halogens is 4. The lowest BCUT2D eigenvalue weighted by atomic mass is 10.3. The van der Waals surface area contributed by atoms with Gasteiger partial charge in [0.15, 0.2) is 10.5 Å². The first-order valence-corrected chi connectivity index (χ1v) is 5.76. The van der Waals surface area contributed by atoms with Crippen LogP contribution in [0.1, 0.15) is 13.1 Å². The Labute approximate surface area is 112 Å². The van der Waals surface area contributed by atoms with Gasteiger partial charge in [0.2, 0.25) is 5.91 Å². The van der Waals surface area contributed by atoms with Crippen LogP contribution in [0.25, 0.3) is 0 Å². The molecule has 1 unspecified atom stereocenters. The molecule has 0 aliphatic rings. The second-order valence-corrected chi connectivity index (χ2v) is 5.15. The first-order chi connectivity index (χ1) is 7.40. The van der Waals surface area contributed by atoms with E-state index in [-0.39, 0.29) is 5.88 Å². The number of amides is 1. The molecular formula is C7H8Cl4N4O. The Morgan fingerprint density at radius 3 is 2.62 bits per heavy atom. The highest BCUT2D eigenvalue weighted by molar-refractivity contribution is 6.52. The lowest BCUT2D eigenvalue weighted by Gasteiger charge is -2.32. The summed E-state index contributed by atoms with van der Waals surface area (Å²) < 4.78 is 0.622. The molecule has 0 radical (unpaired) electrons. The van der Waals surface area contributed by atoms with Crippen LogP contribution in [0, 0.1) is 0 Å². The Morgan fingerprint density at radius 2 is 2.25 bits per heavy atom. The molecule has 1 atom stereocenters. The van der Waals surface area contributed by atoms with Gasteiger partial charge in [-0.25, -0.2) is 14.1 Å². The number of rotatable bonds is 4. The number of carbonyl (C=O) groups excluding carboxylic acids is 1. The number of nitrogens with zero attached hydrogens (tertiary/aromatic N) is 4. The topological polar surface area (TPSA) is 51.0 Å². The second kappa shape index (κ2) is 5.40. The lowest BCUT2D eigenvalue weighted by molar-refractivity contribution is -0.127. The van der Waals surface area contributed by atoms with Gasteiger partial charge in [-0.3, -0.25) is 4.79 Å². The molecule has 0 saturated carbocycles. The molecule has 0 bridgehead atoms. The summed E-state index contributed by atoms with van der Waals surface area (Å²) in [5, 5.41) is 3.83. The molecule has 16 heavy (non-hydrogen) atoms. The van der Waals surface area contributed by atoms with Gasteiger partial charge in [0.1, 0.15) is 12.7 Å². The second-order valence-electron chi connectivity index (χ2n) is 2.97. The summed E-state index contributed by atoms with van der Waals surface area (Å²) in [7, 11) is 0. The van der Waals surface area contributed by atoms with Gasteiger partial charge in [-0.1, -0.05) is 23.2 Å². The molecule has 0 aromatic carbocycles. The van der Waals surface area contributed by atoms with Gasteiger partial charge in [-0.05, 0) is 0 Å². The van der Waals surface area contributed by atoms with Crippen molar-refractivity contribution in [3.05, 3.63) is 12.7 Å². The third-order valence-electron chi connectivity index (χ3n) is 1.76. The van der Waals surface area contributed by atoms with Crippen molar-refractivity contribution in [2.45, 2.75) is 17.4 Å². The molecule has 0 N–H and O–H groups in total. The normalized spacial score (nSPS) is 13.6. The van der Waals surface area contributed by atoms with Crippen LogP contribution in [0.2, 0.25) is 0 Å². The Bertz CT molecular complexity index is 355. The van der Waals surface area contributed by atoms with E-state index in [9.17, 15) is 4.79 Å². The maximum Gasteiger partial charge on any atom is 0.235 e. The fourth-order valence-electron chi connectivity index (χ4n) is 1.05. The molecular weight excluding hydrogens is 298 g/mol. The van der Waals surface area contributed by atoms with Crippen LogP contribution in [0.15, 0.2) is 12.7 Å². The summed E-state index contributed by atoms with van der Waals surface area (Å²) >= 11 is 23.4. The molecule has 9 heteroatoms. The Kier molecular flexibility index (Phi) is 4.67. The van der Waals surface area contributed by atoms with Gasteiger partial charge in [0.25, 0.3) is 0 Å². The van der Waals surface area contributed by atoms with Gasteiger partial charge in [0, 0.05) is 18.7 Å². The van der Waals surface area contributed by atoms with Crippen LogP contribution in [-0.2, 0) is 4.79 Å². The van der Waals surface area contributed by atoms with Crippen LogP contribution in [-0.4, -0.2) is 35.3 Å². The highest BCUT2D eigenvalue weighted by atomic mass is 35.5. The number of aromatic nitrogens is 3. The summed E-state index contributed by atoms with van der Waals surface area (Å²) in [6.07, 6.45) is 1.68. The number of carbonyl (C=O) groups is 1. The van der Waals surface area contributed by atoms with Gasteiger partial charge >= 0.3 is 0 Å². The fourth-order valence-corrected chi connectivity index (χ4v) is 1.94. The number of hydrogen-bond acceptors (Lipinski definition) is 3. The van der Waals surface area contributed by atoms with Gasteiger partial charge in [0.05, 0.1) is 5.88 Å². The highest BCUT2D eigenvalue weighted by Crippen LogP contribution is 2.38. The molecule has 1 aromatic heterocycles. The molecule has 0 fully saturated rings. The first-order valence-electron chi connectivity index (χ1n) is 4.13. The van der Waals surface area contributed by atoms with Crippen molar-refractivity contribution in [3.8, 4) is 0 Å². The van der Waals surface area contributed by atoms with Crippen LogP contribution in [0.3, 0.4) is 0 Å². The van der Waals surface area contributed by atoms with Crippen molar-refractivity contribution in [2.75, 3.05) is 5.88 Å². The molecule has 1 amide bonds. The van der Waals surface area contributed by atoms with E-state index < -0.39 is 16.4 Å². The zero-order valence-electron chi connectivity index (χ0n) is 8.15. The largest absolute Gasteiger partial charge is 0.274 e. The average Bonchev–Trinajstić information content (AvgIpc) is 2.70. The summed E-state index contributed by atoms with van der Waals surface area (Å²) in [4.78, 5) is 14.9. The van der Waals surface area contributed by atoms with E-state index in [0.29, 0.717) is 0 Å². The standard InChI is InChI=1S/C7H8Cl4N4O/c1-5(16)15(11)6(7(9,10)2-8)14-4-12-3-13-14/h3-4,6H,2H2,1H3. The molecule has 0 aliphatic heterocycles. The molecule has 90 valence electrons. The minimum Gasteiger partial charge on any atom is -0.274 e. The van der Waals surface area contributed by atoms with E-state index in [1.807, 2.05) is 0 Å². The maximum atomic E-state index is 11.2. The van der Waals surface area contributed by atoms with E-state index in [1.54, 1.807) is 0 Å². The lowest BCUT2D eigenvalue weighted by Crippen LogP contribution is -2.42. The predicted molar refractivity (Wildman–Crippen MR) is 62.6 cm³/mol. The highest BCUT2D eigenvalue weighted by Gasteiger charge is 2.41. The minimum absolute atomic E-state index is 0.128. The smallest absolute Gasteiger partial charge is 0.235 e. The third-order valence-corrected chi connectivity index (χ3v) is 3.53. The van der Waals surface area contributed by atoms with Crippen LogP contribution >= 0.6 is 46.6 Å². The van der Waals surface area contributed by atoms with Crippen LogP contribution in [0.4, 0.5) is 0 Å². The SMILES string of the molecule is CC(=O)N(Cl)C(n1cncn1)C(Cl)(Cl)CCl. The molecule has 0 spiro atoms. The van der Waals surface area contributed by atoms with E-state index in [2.05, 4.69) is 10.1 Å². The molecule has 1 heterocycles. The van der Waals surface area contributed by atoms with E-state index >= 15 is 0 Å². The average molecular weight is 306 g/mol. The molecule has 1 rings (SSSR count). The summed E-state index contributed by atoms with van der Waals surface area (Å²) in [5.74, 6) is -0.560. The van der Waals surface area contributed by atoms with Crippen molar-refractivity contribution in [2.24, 2.45) is 0 Å². The van der Waals surface area contributed by atoms with Gasteiger partial charge in [-0.2, -0.15) is 5.10 Å². The third kappa shape index (κ3) is 2.91. The first kappa shape index (κ1) is 13.8. The number of hydrogen-bond donors (Lipinski definition) is 0. The van der Waals surface area contributed by atoms with E-state index in [1.165, 1.54) is 24.3 Å². The van der Waals surface area contributed by atoms with Crippen molar-refractivity contribution in [3.63, 3.8) is 0 Å². The van der Waals surface area contributed by atoms with Crippen LogP contribution < -0.4 is 0 Å². The summed E-state index contributed by atoms with van der Waals surface area (Å²) in [6, 6.07) is 0. The zero-order chi connectivity index (χ0) is 12.3. The summed E-state index contributed by atoms with van der Waals surface area (Å²) in [5.41, 5.74) is 0. The van der Waals surface area contributed by atoms with E-state index in [0.717, 1.165) is 4.42 Å². The van der Waals surface area contributed by atoms with Gasteiger partial charge in [-0.15, -0.1) is 11.6 Å². The van der Waals surface area contributed by atoms with Crippen molar-refractivity contribution in [1.29, 1.82) is 0 Å². The van der Waals surface area contributed by atoms with E-state index in [4.69, 9.17) is 46.6 Å². The zero-order valence-corrected chi connectivity index (χ0v) is 11.2. The monoisotopic (exact) mass is 304 g/mol. The minimum atomic E-state index is -1.47. The molecule has 1 aromatic rings. The van der Waals surface area contributed by atoms with Crippen molar-refractivity contribution >= 4 is 52.5 Å². The van der Waals surface area contributed by atoms with Crippen molar-refractivity contribution in [1.82, 2.24) is 19.2 Å². The molecule has 5 nitrogen and oxygen atoms in total. The van der Waals surface area contributed by atoms with Gasteiger partial charge < -0.3 is 0 Å². The number of alkyl halides is 3. The molecule has 0 aliphatic carbocycles. The van der Waals surface area contributed by atoms with Crippen molar-refractivity contribution < 1.29 is 4.79 Å². The predicted octanol–water partition coefficient (Wildman–Crippen LogP) is 2.19. The molecule has 0 saturated heterocycles. The Hall–Kier alpha value is -0.230. The fraction of sp³-hybridized carbons (Fsp3) is 0.571. The Balaban J connectivity index is 3.09. The maximum absolute atomic E-state index is 11.2. The summed E-state index contributed by atoms with van der Waals surface area (Å²) in [6.45, 7) is 1.27.